The van der Waals surface area contributed by atoms with Crippen LogP contribution in [0.25, 0.3) is 143 Å². The lowest BCUT2D eigenvalue weighted by Gasteiger charge is -2.28. The monoisotopic (exact) mass is 1140 g/mol. The average molecular weight is 1140 g/mol. The molecule has 0 saturated heterocycles. The van der Waals surface area contributed by atoms with Crippen molar-refractivity contribution in [3.63, 3.8) is 0 Å². The zero-order valence-electron chi connectivity index (χ0n) is 47.9. The molecule has 85 heavy (non-hydrogen) atoms. The van der Waals surface area contributed by atoms with Gasteiger partial charge in [0.25, 0.3) is 0 Å². The minimum Gasteiger partial charge on any atom is -0.308 e. The number of para-hydroxylation sites is 3. The maximum absolute atomic E-state index is 2.57. The molecule has 0 bridgehead atoms. The molecule has 0 unspecified atom stereocenters. The van der Waals surface area contributed by atoms with Crippen LogP contribution in [-0.2, 0) is 0 Å². The lowest BCUT2D eigenvalue weighted by atomic mass is 9.33. The van der Waals surface area contributed by atoms with Crippen molar-refractivity contribution in [3.05, 3.63) is 252 Å². The smallest absolute Gasteiger partial charge is 0.243 e. The number of rotatable bonds is 6. The van der Waals surface area contributed by atoms with Gasteiger partial charge in [0.1, 0.15) is 0 Å². The van der Waals surface area contributed by atoms with Crippen LogP contribution in [0.3, 0.4) is 0 Å². The van der Waals surface area contributed by atoms with Crippen molar-refractivity contribution in [2.24, 2.45) is 0 Å². The molecular formula is C78H54BN3S3. The predicted octanol–water partition coefficient (Wildman–Crippen LogP) is 20.4. The van der Waals surface area contributed by atoms with E-state index < -0.39 is 0 Å². The van der Waals surface area contributed by atoms with Crippen molar-refractivity contribution < 1.29 is 0 Å². The van der Waals surface area contributed by atoms with Gasteiger partial charge in [-0.2, -0.15) is 0 Å². The Morgan fingerprint density at radius 3 is 0.765 bits per heavy atom. The molecule has 0 N–H and O–H groups in total. The highest BCUT2D eigenvalue weighted by molar-refractivity contribution is 7.27. The van der Waals surface area contributed by atoms with Gasteiger partial charge in [0, 0.05) is 95.8 Å². The molecule has 0 fully saturated rings. The molecule has 6 heterocycles. The Hall–Kier alpha value is -9.24. The number of fused-ring (bicyclic) bond motifs is 21. The van der Waals surface area contributed by atoms with Crippen molar-refractivity contribution in [1.29, 1.82) is 0 Å². The average Bonchev–Trinajstić information content (AvgIpc) is 1.75. The Kier molecular flexibility index (Phi) is 10.5. The quantitative estimate of drug-likeness (QED) is 0.147. The molecule has 18 aromatic rings. The number of aromatic nitrogens is 3. The lowest BCUT2D eigenvalue weighted by Crippen LogP contribution is -2.57. The van der Waals surface area contributed by atoms with E-state index in [9.17, 15) is 0 Å². The van der Waals surface area contributed by atoms with E-state index in [1.54, 1.807) is 0 Å². The summed E-state index contributed by atoms with van der Waals surface area (Å²) in [6.07, 6.45) is 0. The number of benzene rings is 12. The Balaban J connectivity index is 0.885. The van der Waals surface area contributed by atoms with E-state index in [0.717, 1.165) is 0 Å². The Labute approximate surface area is 503 Å². The Bertz CT molecular complexity index is 5300. The summed E-state index contributed by atoms with van der Waals surface area (Å²) in [5.41, 5.74) is 22.9. The van der Waals surface area contributed by atoms with Crippen LogP contribution in [0.2, 0.25) is 0 Å². The normalized spacial score (nSPS) is 12.4. The number of thiophene rings is 3. The fourth-order valence-electron chi connectivity index (χ4n) is 15.5. The maximum Gasteiger partial charge on any atom is 0.243 e. The summed E-state index contributed by atoms with van der Waals surface area (Å²) in [5, 5.41) is 15.6. The fourth-order valence-corrected chi connectivity index (χ4v) is 19.3. The molecule has 0 amide bonds. The summed E-state index contributed by atoms with van der Waals surface area (Å²) in [6, 6.07) is 82.8. The summed E-state index contributed by atoms with van der Waals surface area (Å²) in [7, 11) is 0. The van der Waals surface area contributed by atoms with E-state index in [0.29, 0.717) is 0 Å². The second-order valence-corrected chi connectivity index (χ2v) is 26.9. The lowest BCUT2D eigenvalue weighted by molar-refractivity contribution is 1.17. The van der Waals surface area contributed by atoms with Crippen molar-refractivity contribution in [2.45, 2.75) is 41.5 Å². The summed E-state index contributed by atoms with van der Waals surface area (Å²) in [5.74, 6) is 0. The van der Waals surface area contributed by atoms with Crippen LogP contribution in [0.4, 0.5) is 0 Å². The number of hydrogen-bond acceptors (Lipinski definition) is 3. The SMILES string of the molecule is Cc1cc(-n2c3ccccc3c3ccc4c5ccccc5sc4c32)cc(C)c1B(c1c(C)cc(-n2c3ccccc3c3ccc4c5ccccc5sc4c32)cc1C)c1c(C)cc(-n2c3ccccc3c3ccc4c5ccccc5sc4c32)cc1C. The highest BCUT2D eigenvalue weighted by Gasteiger charge is 2.33. The van der Waals surface area contributed by atoms with Gasteiger partial charge in [-0.3, -0.25) is 0 Å². The topological polar surface area (TPSA) is 14.8 Å². The van der Waals surface area contributed by atoms with E-state index >= 15 is 0 Å². The maximum atomic E-state index is 2.57. The van der Waals surface area contributed by atoms with E-state index in [2.05, 4.69) is 274 Å². The number of aryl methyl sites for hydroxylation is 6. The van der Waals surface area contributed by atoms with E-state index in [1.807, 2.05) is 34.0 Å². The summed E-state index contributed by atoms with van der Waals surface area (Å²) in [4.78, 5) is 0. The van der Waals surface area contributed by atoms with Gasteiger partial charge < -0.3 is 13.7 Å². The van der Waals surface area contributed by atoms with Gasteiger partial charge in [-0.25, -0.2) is 0 Å². The number of hydrogen-bond donors (Lipinski definition) is 0. The first-order valence-electron chi connectivity index (χ1n) is 29.5. The van der Waals surface area contributed by atoms with Crippen molar-refractivity contribution in [2.75, 3.05) is 0 Å². The second-order valence-electron chi connectivity index (χ2n) is 23.8. The molecule has 0 aliphatic heterocycles. The van der Waals surface area contributed by atoms with Gasteiger partial charge in [-0.15, -0.1) is 34.0 Å². The first-order valence-corrected chi connectivity index (χ1v) is 32.0. The van der Waals surface area contributed by atoms with Gasteiger partial charge >= 0.3 is 0 Å². The highest BCUT2D eigenvalue weighted by Crippen LogP contribution is 2.47. The molecule has 18 rings (SSSR count). The molecule has 7 heteroatoms. The van der Waals surface area contributed by atoms with E-state index in [1.165, 1.54) is 193 Å². The minimum atomic E-state index is -0.0792. The van der Waals surface area contributed by atoms with E-state index in [4.69, 9.17) is 0 Å². The molecule has 6 aromatic heterocycles. The van der Waals surface area contributed by atoms with Crippen LogP contribution >= 0.6 is 34.0 Å². The van der Waals surface area contributed by atoms with Crippen LogP contribution in [-0.4, -0.2) is 20.4 Å². The molecule has 0 radical (unpaired) electrons. The minimum absolute atomic E-state index is 0.0792. The van der Waals surface area contributed by atoms with Gasteiger partial charge in [0.05, 0.1) is 47.2 Å². The zero-order valence-corrected chi connectivity index (χ0v) is 50.4. The largest absolute Gasteiger partial charge is 0.308 e. The van der Waals surface area contributed by atoms with Crippen molar-refractivity contribution in [1.82, 2.24) is 13.7 Å². The van der Waals surface area contributed by atoms with Crippen LogP contribution in [0, 0.1) is 41.5 Å². The third-order valence-electron chi connectivity index (χ3n) is 18.9. The number of nitrogens with zero attached hydrogens (tertiary/aromatic N) is 3. The molecule has 0 saturated carbocycles. The highest BCUT2D eigenvalue weighted by atomic mass is 32.1. The molecule has 3 nitrogen and oxygen atoms in total. The molecule has 402 valence electrons. The molecule has 12 aromatic carbocycles. The van der Waals surface area contributed by atoms with E-state index in [-0.39, 0.29) is 6.71 Å². The molecular weight excluding hydrogens is 1090 g/mol. The summed E-state index contributed by atoms with van der Waals surface area (Å²) >= 11 is 5.74. The molecule has 0 spiro atoms. The summed E-state index contributed by atoms with van der Waals surface area (Å²) < 4.78 is 15.6. The van der Waals surface area contributed by atoms with Gasteiger partial charge in [-0.05, 0) is 114 Å². The predicted molar refractivity (Wildman–Crippen MR) is 374 cm³/mol. The second kappa shape index (κ2) is 18.1. The van der Waals surface area contributed by atoms with Crippen LogP contribution in [0.15, 0.2) is 218 Å². The first kappa shape index (κ1) is 49.2. The van der Waals surface area contributed by atoms with Crippen LogP contribution in [0.5, 0.6) is 0 Å². The van der Waals surface area contributed by atoms with Crippen molar-refractivity contribution in [3.8, 4) is 17.1 Å². The summed E-state index contributed by atoms with van der Waals surface area (Å²) in [6.45, 7) is 14.2. The molecule has 0 aliphatic rings. The van der Waals surface area contributed by atoms with Crippen LogP contribution in [0.1, 0.15) is 33.4 Å². The zero-order chi connectivity index (χ0) is 56.7. The first-order chi connectivity index (χ1) is 41.7. The fraction of sp³-hybridized carbons (Fsp3) is 0.0769. The van der Waals surface area contributed by atoms with Gasteiger partial charge in [0.15, 0.2) is 0 Å². The third-order valence-corrected chi connectivity index (χ3v) is 22.5. The van der Waals surface area contributed by atoms with Gasteiger partial charge in [0.2, 0.25) is 6.71 Å². The molecule has 0 atom stereocenters. The Morgan fingerprint density at radius 2 is 0.482 bits per heavy atom. The standard InChI is InChI=1S/C78H54BN3S3/c1-43-37-49(80-64-25-13-7-19-52(64)58-31-34-61-55-22-10-16-28-67(55)83-76(61)73(58)80)38-44(2)70(43)79(71-45(3)39-50(40-46(71)4)81-65-26-14-8-20-53(65)59-32-35-62-56-23-11-17-29-68(56)84-77(62)74(59)81)72-47(5)41-51(42-48(72)6)82-66-27-15-9-21-54(66)60-33-36-63-57-24-12-18-30-69(57)85-78(63)75(60)82/h7-42H,1-6H3. The van der Waals surface area contributed by atoms with Gasteiger partial charge in [-0.1, -0.05) is 195 Å². The Morgan fingerprint density at radius 1 is 0.247 bits per heavy atom. The van der Waals surface area contributed by atoms with Crippen LogP contribution < -0.4 is 16.4 Å². The van der Waals surface area contributed by atoms with Crippen molar-refractivity contribution >= 4 is 183 Å². The third kappa shape index (κ3) is 6.89. The molecule has 0 aliphatic carbocycles.